The molecule has 1 aromatic carbocycles. The number of aliphatic hydroxyl groups excluding tert-OH is 1. The van der Waals surface area contributed by atoms with Gasteiger partial charge in [0.2, 0.25) is 5.89 Å². The molecule has 1 aromatic heterocycles. The molecule has 3 N–H and O–H groups in total. The summed E-state index contributed by atoms with van der Waals surface area (Å²) < 4.78 is 11.8. The van der Waals surface area contributed by atoms with E-state index in [9.17, 15) is 9.90 Å². The van der Waals surface area contributed by atoms with E-state index in [4.69, 9.17) is 15.1 Å². The number of hydrogen-bond acceptors (Lipinski definition) is 7. The van der Waals surface area contributed by atoms with Crippen LogP contribution in [-0.2, 0) is 21.5 Å². The summed E-state index contributed by atoms with van der Waals surface area (Å²) >= 11 is 0. The van der Waals surface area contributed by atoms with E-state index < -0.39 is 12.1 Å². The molecule has 2 rings (SSSR count). The van der Waals surface area contributed by atoms with Crippen LogP contribution in [0.15, 0.2) is 28.9 Å². The maximum atomic E-state index is 11.3. The van der Waals surface area contributed by atoms with Gasteiger partial charge in [-0.15, -0.1) is 0 Å². The Balaban J connectivity index is 2.25. The van der Waals surface area contributed by atoms with Crippen molar-refractivity contribution in [2.24, 2.45) is 11.3 Å². The number of nitrogens with two attached hydrogens (primary N) is 1. The van der Waals surface area contributed by atoms with Gasteiger partial charge < -0.3 is 19.1 Å². The molecule has 0 saturated carbocycles. The zero-order valence-electron chi connectivity index (χ0n) is 19.5. The number of oxazole rings is 1. The Morgan fingerprint density at radius 3 is 2.48 bits per heavy atom. The van der Waals surface area contributed by atoms with Gasteiger partial charge in [0.05, 0.1) is 23.6 Å². The highest BCUT2D eigenvalue weighted by Crippen LogP contribution is 2.40. The standard InChI is InChI=1S/C24H36N2O5/c1-7-24(8-2,22-26-18(14-30-22)10-12-21(28)31-25)17-9-11-19(16(3)13-17)29-15-20(27)23(4,5)6/h9,11,13-14,20,27H,7-8,10,12,15,25H2,1-6H3. The van der Waals surface area contributed by atoms with Crippen LogP contribution >= 0.6 is 0 Å². The molecule has 7 nitrogen and oxygen atoms in total. The highest BCUT2D eigenvalue weighted by molar-refractivity contribution is 5.69. The van der Waals surface area contributed by atoms with Crippen LogP contribution in [0.2, 0.25) is 0 Å². The summed E-state index contributed by atoms with van der Waals surface area (Å²) in [7, 11) is 0. The second-order valence-electron chi connectivity index (χ2n) is 9.10. The first-order chi connectivity index (χ1) is 14.6. The van der Waals surface area contributed by atoms with Gasteiger partial charge in [0.1, 0.15) is 18.6 Å². The molecule has 1 unspecified atom stereocenters. The number of rotatable bonds is 10. The third-order valence-corrected chi connectivity index (χ3v) is 6.01. The molecule has 0 aliphatic rings. The van der Waals surface area contributed by atoms with Gasteiger partial charge in [0.15, 0.2) is 0 Å². The number of benzene rings is 1. The Morgan fingerprint density at radius 2 is 1.94 bits per heavy atom. The van der Waals surface area contributed by atoms with Crippen molar-refractivity contribution in [1.82, 2.24) is 4.98 Å². The Hall–Kier alpha value is -2.38. The summed E-state index contributed by atoms with van der Waals surface area (Å²) in [5.74, 6) is 5.80. The molecule has 0 radical (unpaired) electrons. The van der Waals surface area contributed by atoms with Crippen LogP contribution in [-0.4, -0.2) is 28.8 Å². The van der Waals surface area contributed by atoms with Crippen molar-refractivity contribution in [2.75, 3.05) is 6.61 Å². The summed E-state index contributed by atoms with van der Waals surface area (Å²) in [5, 5.41) is 10.3. The highest BCUT2D eigenvalue weighted by atomic mass is 16.7. The van der Waals surface area contributed by atoms with Crippen LogP contribution in [0.5, 0.6) is 5.75 Å². The van der Waals surface area contributed by atoms with E-state index >= 15 is 0 Å². The van der Waals surface area contributed by atoms with Gasteiger partial charge in [-0.3, -0.25) is 4.79 Å². The van der Waals surface area contributed by atoms with E-state index in [1.54, 1.807) is 6.26 Å². The number of aryl methyl sites for hydroxylation is 2. The molecule has 2 aromatic rings. The number of aliphatic hydroxyl groups is 1. The van der Waals surface area contributed by atoms with Gasteiger partial charge in [-0.05, 0) is 42.4 Å². The predicted octanol–water partition coefficient (Wildman–Crippen LogP) is 4.22. The first-order valence-electron chi connectivity index (χ1n) is 10.8. The number of aromatic nitrogens is 1. The third-order valence-electron chi connectivity index (χ3n) is 6.01. The number of hydrogen-bond donors (Lipinski definition) is 2. The fourth-order valence-electron chi connectivity index (χ4n) is 3.54. The molecule has 172 valence electrons. The zero-order chi connectivity index (χ0) is 23.2. The van der Waals surface area contributed by atoms with Gasteiger partial charge in [-0.25, -0.2) is 4.98 Å². The summed E-state index contributed by atoms with van der Waals surface area (Å²) in [6, 6.07) is 6.08. The minimum atomic E-state index is -0.556. The average molecular weight is 433 g/mol. The fourth-order valence-corrected chi connectivity index (χ4v) is 3.54. The van der Waals surface area contributed by atoms with Gasteiger partial charge in [-0.2, -0.15) is 5.90 Å². The molecule has 0 aliphatic heterocycles. The fraction of sp³-hybridized carbons (Fsp3) is 0.583. The van der Waals surface area contributed by atoms with Crippen LogP contribution in [0.25, 0.3) is 0 Å². The Bertz CT molecular complexity index is 865. The smallest absolute Gasteiger partial charge is 0.324 e. The van der Waals surface area contributed by atoms with Crippen LogP contribution < -0.4 is 10.6 Å². The molecule has 7 heteroatoms. The largest absolute Gasteiger partial charge is 0.491 e. The van der Waals surface area contributed by atoms with E-state index in [1.807, 2.05) is 39.8 Å². The van der Waals surface area contributed by atoms with Crippen LogP contribution in [0.3, 0.4) is 0 Å². The summed E-state index contributed by atoms with van der Waals surface area (Å²) in [5.41, 5.74) is 2.15. The molecule has 0 amide bonds. The van der Waals surface area contributed by atoms with Crippen molar-refractivity contribution in [1.29, 1.82) is 0 Å². The van der Waals surface area contributed by atoms with Gasteiger partial charge >= 0.3 is 5.97 Å². The number of nitrogens with zero attached hydrogens (tertiary/aromatic N) is 1. The lowest BCUT2D eigenvalue weighted by Crippen LogP contribution is -2.32. The number of carbonyl (C=O) groups excluding carboxylic acids is 1. The SMILES string of the molecule is CCC(CC)(c1ccc(OCC(O)C(C)(C)C)c(C)c1)c1nc(CCC(=O)ON)co1. The molecule has 31 heavy (non-hydrogen) atoms. The highest BCUT2D eigenvalue weighted by Gasteiger charge is 2.36. The van der Waals surface area contributed by atoms with Gasteiger partial charge in [0, 0.05) is 6.42 Å². The molecule has 0 fully saturated rings. The van der Waals surface area contributed by atoms with Crippen molar-refractivity contribution >= 4 is 5.97 Å². The normalized spacial score (nSPS) is 13.2. The van der Waals surface area contributed by atoms with Crippen molar-refractivity contribution < 1.29 is 23.9 Å². The van der Waals surface area contributed by atoms with E-state index in [-0.39, 0.29) is 23.9 Å². The zero-order valence-corrected chi connectivity index (χ0v) is 19.5. The van der Waals surface area contributed by atoms with E-state index in [0.29, 0.717) is 18.0 Å². The molecular weight excluding hydrogens is 396 g/mol. The predicted molar refractivity (Wildman–Crippen MR) is 119 cm³/mol. The second kappa shape index (κ2) is 10.3. The topological polar surface area (TPSA) is 108 Å². The van der Waals surface area contributed by atoms with Crippen LogP contribution in [0.4, 0.5) is 0 Å². The molecule has 0 aliphatic carbocycles. The Labute approximate surface area is 184 Å². The van der Waals surface area contributed by atoms with E-state index in [1.165, 1.54) is 0 Å². The Morgan fingerprint density at radius 1 is 1.26 bits per heavy atom. The molecule has 1 heterocycles. The quantitative estimate of drug-likeness (QED) is 0.541. The van der Waals surface area contributed by atoms with Gasteiger partial charge in [-0.1, -0.05) is 46.8 Å². The average Bonchev–Trinajstić information content (AvgIpc) is 3.21. The number of carbonyl (C=O) groups is 1. The van der Waals surface area contributed by atoms with E-state index in [2.05, 4.69) is 29.7 Å². The number of ether oxygens (including phenoxy) is 1. The van der Waals surface area contributed by atoms with E-state index in [0.717, 1.165) is 29.7 Å². The monoisotopic (exact) mass is 432 g/mol. The summed E-state index contributed by atoms with van der Waals surface area (Å²) in [6.07, 6.45) is 3.20. The van der Waals surface area contributed by atoms with Crippen molar-refractivity contribution in [2.45, 2.75) is 78.7 Å². The minimum Gasteiger partial charge on any atom is -0.491 e. The first-order valence-corrected chi connectivity index (χ1v) is 10.8. The first kappa shape index (κ1) is 24.9. The molecular formula is C24H36N2O5. The second-order valence-corrected chi connectivity index (χ2v) is 9.10. The van der Waals surface area contributed by atoms with Crippen molar-refractivity contribution in [3.63, 3.8) is 0 Å². The minimum absolute atomic E-state index is 0.152. The van der Waals surface area contributed by atoms with Crippen LogP contribution in [0, 0.1) is 12.3 Å². The molecule has 0 bridgehead atoms. The maximum Gasteiger partial charge on any atom is 0.324 e. The molecule has 0 saturated heterocycles. The lowest BCUT2D eigenvalue weighted by Gasteiger charge is -2.30. The van der Waals surface area contributed by atoms with Gasteiger partial charge in [0.25, 0.3) is 0 Å². The summed E-state index contributed by atoms with van der Waals surface area (Å²) in [6.45, 7) is 12.4. The molecule has 0 spiro atoms. The lowest BCUT2D eigenvalue weighted by atomic mass is 9.75. The molecule has 1 atom stereocenters. The van der Waals surface area contributed by atoms with Crippen molar-refractivity contribution in [3.8, 4) is 5.75 Å². The maximum absolute atomic E-state index is 11.3. The Kier molecular flexibility index (Phi) is 8.26. The third kappa shape index (κ3) is 5.86. The lowest BCUT2D eigenvalue weighted by molar-refractivity contribution is -0.144. The summed E-state index contributed by atoms with van der Waals surface area (Å²) in [4.78, 5) is 20.2. The van der Waals surface area contributed by atoms with Crippen LogP contribution in [0.1, 0.15) is 76.6 Å². The van der Waals surface area contributed by atoms with Crippen molar-refractivity contribution in [3.05, 3.63) is 47.2 Å².